The first-order valence-corrected chi connectivity index (χ1v) is 6.91. The van der Waals surface area contributed by atoms with Crippen LogP contribution in [0.15, 0.2) is 6.33 Å². The van der Waals surface area contributed by atoms with Gasteiger partial charge < -0.3 is 5.11 Å². The second-order valence-electron chi connectivity index (χ2n) is 4.96. The Morgan fingerprint density at radius 1 is 1.62 bits per heavy atom. The molecule has 1 aromatic heterocycles. The molecule has 0 aliphatic carbocycles. The Morgan fingerprint density at radius 2 is 2.44 bits per heavy atom. The van der Waals surface area contributed by atoms with Gasteiger partial charge in [0.15, 0.2) is 0 Å². The van der Waals surface area contributed by atoms with Crippen molar-refractivity contribution in [2.45, 2.75) is 38.8 Å². The van der Waals surface area contributed by atoms with E-state index in [1.165, 1.54) is 0 Å². The number of aromatic nitrogens is 3. The summed E-state index contributed by atoms with van der Waals surface area (Å²) in [5, 5.41) is 14.5. The van der Waals surface area contributed by atoms with Crippen molar-refractivity contribution < 1.29 is 5.11 Å². The number of hydrogen-bond donors (Lipinski definition) is 1. The third-order valence-corrected chi connectivity index (χ3v) is 4.04. The minimum absolute atomic E-state index is 0.549. The quantitative estimate of drug-likeness (QED) is 0.864. The van der Waals surface area contributed by atoms with Crippen molar-refractivity contribution in [1.82, 2.24) is 14.8 Å². The zero-order chi connectivity index (χ0) is 11.6. The molecule has 0 radical (unpaired) electrons. The SMILES string of the molecule is CC(C)Cn1ncnc1CC1(O)CCSC1. The second kappa shape index (κ2) is 4.75. The lowest BCUT2D eigenvalue weighted by molar-refractivity contribution is 0.0651. The average Bonchev–Trinajstić information content (AvgIpc) is 2.77. The second-order valence-corrected chi connectivity index (χ2v) is 6.06. The molecule has 1 aliphatic rings. The molecule has 90 valence electrons. The zero-order valence-corrected chi connectivity index (χ0v) is 10.7. The normalized spacial score (nSPS) is 25.5. The lowest BCUT2D eigenvalue weighted by atomic mass is 9.99. The van der Waals surface area contributed by atoms with Crippen LogP contribution in [0, 0.1) is 5.92 Å². The molecule has 16 heavy (non-hydrogen) atoms. The molecule has 4 nitrogen and oxygen atoms in total. The Morgan fingerprint density at radius 3 is 3.06 bits per heavy atom. The van der Waals surface area contributed by atoms with Crippen molar-refractivity contribution >= 4 is 11.8 Å². The molecule has 1 saturated heterocycles. The topological polar surface area (TPSA) is 50.9 Å². The van der Waals surface area contributed by atoms with E-state index in [0.29, 0.717) is 12.3 Å². The predicted octanol–water partition coefficient (Wildman–Crippen LogP) is 1.34. The monoisotopic (exact) mass is 241 g/mol. The molecule has 1 fully saturated rings. The van der Waals surface area contributed by atoms with Gasteiger partial charge in [-0.05, 0) is 18.1 Å². The molecule has 0 amide bonds. The van der Waals surface area contributed by atoms with Gasteiger partial charge in [-0.2, -0.15) is 16.9 Å². The predicted molar refractivity (Wildman–Crippen MR) is 65.5 cm³/mol. The van der Waals surface area contributed by atoms with Gasteiger partial charge in [-0.3, -0.25) is 0 Å². The molecular formula is C11H19N3OS. The summed E-state index contributed by atoms with van der Waals surface area (Å²) in [4.78, 5) is 4.26. The van der Waals surface area contributed by atoms with Gasteiger partial charge in [-0.1, -0.05) is 13.8 Å². The molecule has 0 saturated carbocycles. The van der Waals surface area contributed by atoms with Crippen molar-refractivity contribution in [3.05, 3.63) is 12.2 Å². The molecule has 1 N–H and O–H groups in total. The minimum Gasteiger partial charge on any atom is -0.389 e. The lowest BCUT2D eigenvalue weighted by Gasteiger charge is -2.21. The van der Waals surface area contributed by atoms with Gasteiger partial charge in [-0.25, -0.2) is 9.67 Å². The Labute approximate surface area is 100 Å². The Hall–Kier alpha value is -0.550. The van der Waals surface area contributed by atoms with Gasteiger partial charge in [0.05, 0.1) is 5.60 Å². The van der Waals surface area contributed by atoms with Crippen LogP contribution < -0.4 is 0 Å². The van der Waals surface area contributed by atoms with Crippen molar-refractivity contribution in [2.75, 3.05) is 11.5 Å². The Kier molecular flexibility index (Phi) is 3.54. The molecular weight excluding hydrogens is 222 g/mol. The van der Waals surface area contributed by atoms with Crippen LogP contribution in [0.4, 0.5) is 0 Å². The molecule has 5 heteroatoms. The lowest BCUT2D eigenvalue weighted by Crippen LogP contribution is -2.32. The summed E-state index contributed by atoms with van der Waals surface area (Å²) in [6.45, 7) is 5.19. The molecule has 0 spiro atoms. The number of nitrogens with zero attached hydrogens (tertiary/aromatic N) is 3. The van der Waals surface area contributed by atoms with E-state index in [2.05, 4.69) is 23.9 Å². The fraction of sp³-hybridized carbons (Fsp3) is 0.818. The summed E-state index contributed by atoms with van der Waals surface area (Å²) >= 11 is 1.82. The molecule has 0 bridgehead atoms. The maximum atomic E-state index is 10.3. The smallest absolute Gasteiger partial charge is 0.138 e. The zero-order valence-electron chi connectivity index (χ0n) is 9.89. The first-order valence-electron chi connectivity index (χ1n) is 5.76. The van der Waals surface area contributed by atoms with Crippen LogP contribution in [0.5, 0.6) is 0 Å². The summed E-state index contributed by atoms with van der Waals surface area (Å²) < 4.78 is 1.92. The van der Waals surface area contributed by atoms with Gasteiger partial charge in [0.1, 0.15) is 12.2 Å². The van der Waals surface area contributed by atoms with Crippen LogP contribution in [0.1, 0.15) is 26.1 Å². The van der Waals surface area contributed by atoms with Gasteiger partial charge in [-0.15, -0.1) is 0 Å². The highest BCUT2D eigenvalue weighted by molar-refractivity contribution is 7.99. The molecule has 1 aromatic rings. The van der Waals surface area contributed by atoms with E-state index in [4.69, 9.17) is 0 Å². The first-order chi connectivity index (χ1) is 7.59. The van der Waals surface area contributed by atoms with E-state index >= 15 is 0 Å². The van der Waals surface area contributed by atoms with E-state index < -0.39 is 5.60 Å². The number of thioether (sulfide) groups is 1. The van der Waals surface area contributed by atoms with E-state index in [9.17, 15) is 5.11 Å². The van der Waals surface area contributed by atoms with Gasteiger partial charge in [0.25, 0.3) is 0 Å². The Balaban J connectivity index is 2.06. The van der Waals surface area contributed by atoms with Gasteiger partial charge >= 0.3 is 0 Å². The van der Waals surface area contributed by atoms with E-state index in [1.807, 2.05) is 16.4 Å². The molecule has 1 unspecified atom stereocenters. The minimum atomic E-state index is -0.563. The van der Waals surface area contributed by atoms with Crippen molar-refractivity contribution in [1.29, 1.82) is 0 Å². The highest BCUT2D eigenvalue weighted by Gasteiger charge is 2.33. The van der Waals surface area contributed by atoms with E-state index in [1.54, 1.807) is 6.33 Å². The molecule has 1 aliphatic heterocycles. The molecule has 2 heterocycles. The van der Waals surface area contributed by atoms with Crippen LogP contribution >= 0.6 is 11.8 Å². The van der Waals surface area contributed by atoms with Crippen LogP contribution in [0.25, 0.3) is 0 Å². The summed E-state index contributed by atoms with van der Waals surface area (Å²) in [7, 11) is 0. The molecule has 1 atom stereocenters. The van der Waals surface area contributed by atoms with E-state index in [-0.39, 0.29) is 0 Å². The summed E-state index contributed by atoms with van der Waals surface area (Å²) in [5.41, 5.74) is -0.563. The highest BCUT2D eigenvalue weighted by Crippen LogP contribution is 2.30. The van der Waals surface area contributed by atoms with Crippen LogP contribution in [-0.2, 0) is 13.0 Å². The van der Waals surface area contributed by atoms with Crippen LogP contribution in [0.2, 0.25) is 0 Å². The molecule has 0 aromatic carbocycles. The molecule has 2 rings (SSSR count). The summed E-state index contributed by atoms with van der Waals surface area (Å²) in [6, 6.07) is 0. The average molecular weight is 241 g/mol. The fourth-order valence-electron chi connectivity index (χ4n) is 1.95. The fourth-order valence-corrected chi connectivity index (χ4v) is 3.25. The van der Waals surface area contributed by atoms with Crippen molar-refractivity contribution in [3.63, 3.8) is 0 Å². The number of aliphatic hydroxyl groups is 1. The number of hydrogen-bond acceptors (Lipinski definition) is 4. The van der Waals surface area contributed by atoms with Crippen LogP contribution in [-0.4, -0.2) is 37.0 Å². The Bertz CT molecular complexity index is 345. The maximum absolute atomic E-state index is 10.3. The van der Waals surface area contributed by atoms with E-state index in [0.717, 1.165) is 30.3 Å². The largest absolute Gasteiger partial charge is 0.389 e. The third kappa shape index (κ3) is 2.77. The van der Waals surface area contributed by atoms with Crippen molar-refractivity contribution in [3.8, 4) is 0 Å². The van der Waals surface area contributed by atoms with Crippen LogP contribution in [0.3, 0.4) is 0 Å². The first kappa shape index (κ1) is 11.9. The third-order valence-electron chi connectivity index (χ3n) is 2.80. The maximum Gasteiger partial charge on any atom is 0.138 e. The van der Waals surface area contributed by atoms with Gasteiger partial charge in [0.2, 0.25) is 0 Å². The number of rotatable bonds is 4. The van der Waals surface area contributed by atoms with Crippen molar-refractivity contribution in [2.24, 2.45) is 5.92 Å². The van der Waals surface area contributed by atoms with Gasteiger partial charge in [0, 0.05) is 18.7 Å². The standard InChI is InChI=1S/C11H19N3OS/c1-9(2)6-14-10(12-8-13-14)5-11(15)3-4-16-7-11/h8-9,15H,3-7H2,1-2H3. The highest BCUT2D eigenvalue weighted by atomic mass is 32.2. The summed E-state index contributed by atoms with van der Waals surface area (Å²) in [5.74, 6) is 3.34. The summed E-state index contributed by atoms with van der Waals surface area (Å²) in [6.07, 6.45) is 3.09.